The van der Waals surface area contributed by atoms with Gasteiger partial charge in [0.05, 0.1) is 18.8 Å². The molecule has 1 saturated heterocycles. The van der Waals surface area contributed by atoms with E-state index in [4.69, 9.17) is 4.52 Å². The van der Waals surface area contributed by atoms with Crippen LogP contribution in [0.5, 0.6) is 0 Å². The highest BCUT2D eigenvalue weighted by atomic mass is 16.5. The van der Waals surface area contributed by atoms with Gasteiger partial charge in [-0.1, -0.05) is 5.16 Å². The highest BCUT2D eigenvalue weighted by Gasteiger charge is 2.19. The highest BCUT2D eigenvalue weighted by Crippen LogP contribution is 2.17. The van der Waals surface area contributed by atoms with E-state index in [2.05, 4.69) is 25.0 Å². The third kappa shape index (κ3) is 3.80. The fourth-order valence-corrected chi connectivity index (χ4v) is 3.61. The smallest absolute Gasteiger partial charge is 0.267 e. The molecule has 25 heavy (non-hydrogen) atoms. The van der Waals surface area contributed by atoms with E-state index in [-0.39, 0.29) is 5.56 Å². The van der Waals surface area contributed by atoms with Gasteiger partial charge in [-0.05, 0) is 24.8 Å². The van der Waals surface area contributed by atoms with Crippen molar-refractivity contribution in [2.75, 3.05) is 32.7 Å². The lowest BCUT2D eigenvalue weighted by Crippen LogP contribution is -2.47. The Bertz CT molecular complexity index is 791. The average Bonchev–Trinajstić information content (AvgIpc) is 3.22. The minimum atomic E-state index is 0.0340. The van der Waals surface area contributed by atoms with Gasteiger partial charge in [-0.15, -0.1) is 0 Å². The molecule has 0 saturated carbocycles. The molecule has 4 rings (SSSR count). The molecule has 0 unspecified atom stereocenters. The van der Waals surface area contributed by atoms with Crippen LogP contribution in [0.15, 0.2) is 15.4 Å². The van der Waals surface area contributed by atoms with Crippen LogP contribution in [0.4, 0.5) is 0 Å². The lowest BCUT2D eigenvalue weighted by Gasteiger charge is -2.33. The van der Waals surface area contributed by atoms with E-state index in [0.29, 0.717) is 12.4 Å². The van der Waals surface area contributed by atoms with Gasteiger partial charge in [0.1, 0.15) is 0 Å². The minimum Gasteiger partial charge on any atom is -0.340 e. The van der Waals surface area contributed by atoms with Gasteiger partial charge in [0.25, 0.3) is 5.56 Å². The molecule has 1 aliphatic heterocycles. The van der Waals surface area contributed by atoms with Crippen LogP contribution in [0.25, 0.3) is 0 Å². The van der Waals surface area contributed by atoms with Gasteiger partial charge in [-0.3, -0.25) is 14.6 Å². The van der Waals surface area contributed by atoms with Crippen molar-refractivity contribution in [2.45, 2.75) is 39.3 Å². The quantitative estimate of drug-likeness (QED) is 0.769. The Morgan fingerprint density at radius 1 is 1.12 bits per heavy atom. The molecule has 1 fully saturated rings. The standard InChI is InChI=1S/C17H24N6O2/c1-13-18-16(20-25-13)12-22-7-5-21(6-8-22)9-10-23-17(24)11-14-3-2-4-15(14)19-23/h11H,2-10,12H2,1H3. The maximum atomic E-state index is 12.2. The van der Waals surface area contributed by atoms with Crippen molar-refractivity contribution in [2.24, 2.45) is 0 Å². The second-order valence-electron chi connectivity index (χ2n) is 6.88. The molecule has 0 spiro atoms. The van der Waals surface area contributed by atoms with Gasteiger partial charge in [0, 0.05) is 45.7 Å². The molecule has 0 radical (unpaired) electrons. The van der Waals surface area contributed by atoms with Crippen LogP contribution < -0.4 is 5.56 Å². The highest BCUT2D eigenvalue weighted by molar-refractivity contribution is 5.22. The molecule has 8 nitrogen and oxygen atoms in total. The Morgan fingerprint density at radius 3 is 2.68 bits per heavy atom. The van der Waals surface area contributed by atoms with Crippen molar-refractivity contribution in [3.05, 3.63) is 39.4 Å². The Hall–Kier alpha value is -2.06. The van der Waals surface area contributed by atoms with Crippen LogP contribution in [-0.2, 0) is 25.9 Å². The third-order valence-corrected chi connectivity index (χ3v) is 5.05. The van der Waals surface area contributed by atoms with Crippen molar-refractivity contribution in [1.29, 1.82) is 0 Å². The average molecular weight is 344 g/mol. The number of aromatic nitrogens is 4. The zero-order chi connectivity index (χ0) is 17.2. The number of fused-ring (bicyclic) bond motifs is 1. The number of piperazine rings is 1. The van der Waals surface area contributed by atoms with Crippen molar-refractivity contribution < 1.29 is 4.52 Å². The Kier molecular flexibility index (Phi) is 4.63. The summed E-state index contributed by atoms with van der Waals surface area (Å²) in [5.74, 6) is 1.36. The Morgan fingerprint density at radius 2 is 1.92 bits per heavy atom. The molecule has 0 N–H and O–H groups in total. The largest absolute Gasteiger partial charge is 0.340 e. The van der Waals surface area contributed by atoms with Crippen molar-refractivity contribution in [3.8, 4) is 0 Å². The molecule has 2 aromatic rings. The molecular weight excluding hydrogens is 320 g/mol. The topological polar surface area (TPSA) is 80.3 Å². The van der Waals surface area contributed by atoms with Gasteiger partial charge in [0.15, 0.2) is 5.82 Å². The fourth-order valence-electron chi connectivity index (χ4n) is 3.61. The minimum absolute atomic E-state index is 0.0340. The van der Waals surface area contributed by atoms with E-state index in [1.165, 1.54) is 0 Å². The molecule has 134 valence electrons. The van der Waals surface area contributed by atoms with E-state index in [1.54, 1.807) is 10.7 Å². The van der Waals surface area contributed by atoms with Gasteiger partial charge in [-0.2, -0.15) is 10.1 Å². The monoisotopic (exact) mass is 344 g/mol. The summed E-state index contributed by atoms with van der Waals surface area (Å²) in [6, 6.07) is 1.78. The lowest BCUT2D eigenvalue weighted by molar-refractivity contribution is 0.120. The third-order valence-electron chi connectivity index (χ3n) is 5.05. The zero-order valence-corrected chi connectivity index (χ0v) is 14.6. The van der Waals surface area contributed by atoms with Crippen LogP contribution in [0, 0.1) is 6.92 Å². The number of hydrogen-bond donors (Lipinski definition) is 0. The normalized spacial score (nSPS) is 18.6. The number of aryl methyl sites for hydroxylation is 3. The van der Waals surface area contributed by atoms with Gasteiger partial charge in [-0.25, -0.2) is 4.68 Å². The van der Waals surface area contributed by atoms with Gasteiger partial charge < -0.3 is 4.52 Å². The number of nitrogens with zero attached hydrogens (tertiary/aromatic N) is 6. The number of hydrogen-bond acceptors (Lipinski definition) is 7. The molecule has 0 atom stereocenters. The van der Waals surface area contributed by atoms with Gasteiger partial charge >= 0.3 is 0 Å². The van der Waals surface area contributed by atoms with Crippen molar-refractivity contribution >= 4 is 0 Å². The molecule has 2 aliphatic rings. The first-order valence-corrected chi connectivity index (χ1v) is 9.01. The van der Waals surface area contributed by atoms with E-state index in [1.807, 2.05) is 6.92 Å². The second kappa shape index (κ2) is 7.05. The van der Waals surface area contributed by atoms with Crippen molar-refractivity contribution in [3.63, 3.8) is 0 Å². The second-order valence-corrected chi connectivity index (χ2v) is 6.88. The van der Waals surface area contributed by atoms with E-state index < -0.39 is 0 Å². The van der Waals surface area contributed by atoms with Crippen LogP contribution in [0.2, 0.25) is 0 Å². The molecule has 2 aromatic heterocycles. The summed E-state index contributed by atoms with van der Waals surface area (Å²) in [6.07, 6.45) is 3.12. The summed E-state index contributed by atoms with van der Waals surface area (Å²) in [6.45, 7) is 7.98. The molecule has 0 amide bonds. The zero-order valence-electron chi connectivity index (χ0n) is 14.6. The predicted octanol–water partition coefficient (Wildman–Crippen LogP) is 0.241. The molecule has 1 aliphatic carbocycles. The summed E-state index contributed by atoms with van der Waals surface area (Å²) < 4.78 is 6.66. The Balaban J connectivity index is 1.27. The summed E-state index contributed by atoms with van der Waals surface area (Å²) in [7, 11) is 0. The number of rotatable bonds is 5. The summed E-state index contributed by atoms with van der Waals surface area (Å²) in [4.78, 5) is 21.1. The molecule has 8 heteroatoms. The lowest BCUT2D eigenvalue weighted by atomic mass is 10.2. The SMILES string of the molecule is Cc1nc(CN2CCN(CCn3nc4c(cc3=O)CCC4)CC2)no1. The summed E-state index contributed by atoms with van der Waals surface area (Å²) in [5.41, 5.74) is 2.29. The molecule has 0 bridgehead atoms. The Labute approximate surface area is 146 Å². The maximum absolute atomic E-state index is 12.2. The maximum Gasteiger partial charge on any atom is 0.267 e. The van der Waals surface area contributed by atoms with Crippen LogP contribution >= 0.6 is 0 Å². The van der Waals surface area contributed by atoms with Crippen LogP contribution in [-0.4, -0.2) is 62.4 Å². The van der Waals surface area contributed by atoms with Gasteiger partial charge in [0.2, 0.25) is 5.89 Å². The molecular formula is C17H24N6O2. The van der Waals surface area contributed by atoms with Crippen molar-refractivity contribution in [1.82, 2.24) is 29.7 Å². The fraction of sp³-hybridized carbons (Fsp3) is 0.647. The molecule has 0 aromatic carbocycles. The first kappa shape index (κ1) is 16.4. The predicted molar refractivity (Wildman–Crippen MR) is 91.3 cm³/mol. The first-order valence-electron chi connectivity index (χ1n) is 9.01. The first-order chi connectivity index (χ1) is 12.2. The van der Waals surface area contributed by atoms with Crippen LogP contribution in [0.3, 0.4) is 0 Å². The summed E-state index contributed by atoms with van der Waals surface area (Å²) in [5, 5.41) is 8.51. The molecule has 3 heterocycles. The summed E-state index contributed by atoms with van der Waals surface area (Å²) >= 11 is 0. The van der Waals surface area contributed by atoms with Crippen LogP contribution in [0.1, 0.15) is 29.4 Å². The van der Waals surface area contributed by atoms with E-state index in [0.717, 1.165) is 75.6 Å². The van der Waals surface area contributed by atoms with E-state index >= 15 is 0 Å². The van der Waals surface area contributed by atoms with E-state index in [9.17, 15) is 4.79 Å².